The minimum absolute atomic E-state index is 0.761. The van der Waals surface area contributed by atoms with Crippen LogP contribution in [0, 0.1) is 0 Å². The molecule has 1 fully saturated rings. The third kappa shape index (κ3) is 0.829. The van der Waals surface area contributed by atoms with Crippen LogP contribution < -0.4 is 0 Å². The van der Waals surface area contributed by atoms with E-state index in [1.807, 2.05) is 0 Å². The molecular formula is C9H10N2S. The van der Waals surface area contributed by atoms with Crippen LogP contribution in [0.3, 0.4) is 0 Å². The van der Waals surface area contributed by atoms with Crippen molar-refractivity contribution in [2.24, 2.45) is 0 Å². The Morgan fingerprint density at radius 1 is 1.50 bits per heavy atom. The van der Waals surface area contributed by atoms with E-state index in [9.17, 15) is 0 Å². The van der Waals surface area contributed by atoms with Crippen LogP contribution >= 0.6 is 11.3 Å². The molecule has 0 saturated heterocycles. The summed E-state index contributed by atoms with van der Waals surface area (Å²) >= 11 is 1.71. The van der Waals surface area contributed by atoms with E-state index in [0.717, 1.165) is 10.9 Å². The molecule has 0 atom stereocenters. The summed E-state index contributed by atoms with van der Waals surface area (Å²) < 4.78 is 2.12. The lowest BCUT2D eigenvalue weighted by molar-refractivity contribution is 0.412. The van der Waals surface area contributed by atoms with Crippen molar-refractivity contribution in [3.8, 4) is 0 Å². The Morgan fingerprint density at radius 3 is 3.08 bits per heavy atom. The average Bonchev–Trinajstić information content (AvgIpc) is 2.40. The summed E-state index contributed by atoms with van der Waals surface area (Å²) in [4.78, 5) is 5.71. The Morgan fingerprint density at radius 2 is 2.42 bits per heavy atom. The van der Waals surface area contributed by atoms with Gasteiger partial charge in [0.25, 0.3) is 0 Å². The Kier molecular flexibility index (Phi) is 1.29. The number of hydrogen-bond donors (Lipinski definition) is 0. The average molecular weight is 178 g/mol. The third-order valence-electron chi connectivity index (χ3n) is 2.64. The van der Waals surface area contributed by atoms with Gasteiger partial charge < -0.3 is 0 Å². The monoisotopic (exact) mass is 178 g/mol. The molecule has 2 aromatic heterocycles. The van der Waals surface area contributed by atoms with Gasteiger partial charge in [-0.05, 0) is 12.8 Å². The zero-order valence-electron chi connectivity index (χ0n) is 6.73. The van der Waals surface area contributed by atoms with Crippen LogP contribution in [0.1, 0.15) is 30.9 Å². The number of fused-ring (bicyclic) bond motifs is 1. The summed E-state index contributed by atoms with van der Waals surface area (Å²) in [5.41, 5.74) is 1.30. The Balaban J connectivity index is 2.08. The van der Waals surface area contributed by atoms with Crippen molar-refractivity contribution in [2.45, 2.75) is 25.2 Å². The van der Waals surface area contributed by atoms with Gasteiger partial charge in [-0.15, -0.1) is 11.3 Å². The van der Waals surface area contributed by atoms with E-state index in [2.05, 4.69) is 27.2 Å². The molecule has 0 amide bonds. The van der Waals surface area contributed by atoms with Crippen molar-refractivity contribution in [1.82, 2.24) is 9.38 Å². The summed E-state index contributed by atoms with van der Waals surface area (Å²) in [5, 5.41) is 2.08. The predicted octanol–water partition coefficient (Wildman–Crippen LogP) is 2.66. The van der Waals surface area contributed by atoms with Gasteiger partial charge in [-0.1, -0.05) is 6.42 Å². The number of rotatable bonds is 1. The molecule has 3 heteroatoms. The van der Waals surface area contributed by atoms with Crippen LogP contribution in [0.2, 0.25) is 0 Å². The molecule has 12 heavy (non-hydrogen) atoms. The molecule has 2 heterocycles. The lowest BCUT2D eigenvalue weighted by atomic mass is 9.83. The van der Waals surface area contributed by atoms with E-state index in [1.165, 1.54) is 25.0 Å². The molecule has 1 aliphatic carbocycles. The lowest BCUT2D eigenvalue weighted by Crippen LogP contribution is -2.08. The minimum atomic E-state index is 0.761. The van der Waals surface area contributed by atoms with Gasteiger partial charge in [0.15, 0.2) is 4.96 Å². The van der Waals surface area contributed by atoms with E-state index >= 15 is 0 Å². The number of nitrogens with zero attached hydrogens (tertiary/aromatic N) is 2. The summed E-state index contributed by atoms with van der Waals surface area (Å²) in [6.07, 6.45) is 8.32. The highest BCUT2D eigenvalue weighted by atomic mass is 32.1. The maximum atomic E-state index is 4.58. The highest BCUT2D eigenvalue weighted by Crippen LogP contribution is 2.35. The second-order valence-electron chi connectivity index (χ2n) is 3.39. The largest absolute Gasteiger partial charge is 0.297 e. The minimum Gasteiger partial charge on any atom is -0.297 e. The maximum absolute atomic E-state index is 4.58. The molecule has 2 aromatic rings. The zero-order valence-corrected chi connectivity index (χ0v) is 7.55. The number of aromatic nitrogens is 2. The van der Waals surface area contributed by atoms with Gasteiger partial charge in [0, 0.05) is 23.7 Å². The Bertz CT molecular complexity index is 369. The first kappa shape index (κ1) is 6.66. The van der Waals surface area contributed by atoms with Crippen LogP contribution in [0.25, 0.3) is 4.96 Å². The molecular weight excluding hydrogens is 168 g/mol. The van der Waals surface area contributed by atoms with E-state index in [4.69, 9.17) is 0 Å². The molecule has 0 aromatic carbocycles. The van der Waals surface area contributed by atoms with Gasteiger partial charge in [0.05, 0.1) is 5.69 Å². The molecule has 0 unspecified atom stereocenters. The molecule has 62 valence electrons. The van der Waals surface area contributed by atoms with E-state index in [0.29, 0.717) is 0 Å². The standard InChI is InChI=1S/C9H10N2S/c1-2-7(3-1)8-6-11-4-5-12-9(11)10-8/h4-7H,1-3H2. The fraction of sp³-hybridized carbons (Fsp3) is 0.444. The fourth-order valence-corrected chi connectivity index (χ4v) is 2.35. The van der Waals surface area contributed by atoms with Gasteiger partial charge in [-0.3, -0.25) is 4.40 Å². The fourth-order valence-electron chi connectivity index (χ4n) is 1.65. The molecule has 0 bridgehead atoms. The third-order valence-corrected chi connectivity index (χ3v) is 3.41. The predicted molar refractivity (Wildman–Crippen MR) is 49.7 cm³/mol. The van der Waals surface area contributed by atoms with E-state index < -0.39 is 0 Å². The normalized spacial score (nSPS) is 18.3. The first-order valence-electron chi connectivity index (χ1n) is 4.35. The van der Waals surface area contributed by atoms with Gasteiger partial charge in [-0.25, -0.2) is 4.98 Å². The molecule has 1 aliphatic rings. The second kappa shape index (κ2) is 2.33. The van der Waals surface area contributed by atoms with Crippen molar-refractivity contribution in [1.29, 1.82) is 0 Å². The maximum Gasteiger partial charge on any atom is 0.193 e. The van der Waals surface area contributed by atoms with Crippen molar-refractivity contribution in [3.63, 3.8) is 0 Å². The van der Waals surface area contributed by atoms with Crippen LogP contribution in [0.15, 0.2) is 17.8 Å². The Hall–Kier alpha value is -0.830. The second-order valence-corrected chi connectivity index (χ2v) is 4.26. The van der Waals surface area contributed by atoms with Gasteiger partial charge in [0.1, 0.15) is 0 Å². The molecule has 1 saturated carbocycles. The first-order valence-corrected chi connectivity index (χ1v) is 5.23. The van der Waals surface area contributed by atoms with Crippen molar-refractivity contribution in [2.75, 3.05) is 0 Å². The first-order chi connectivity index (χ1) is 5.93. The van der Waals surface area contributed by atoms with E-state index in [1.54, 1.807) is 11.3 Å². The summed E-state index contributed by atoms with van der Waals surface area (Å²) in [5.74, 6) is 0.761. The summed E-state index contributed by atoms with van der Waals surface area (Å²) in [7, 11) is 0. The van der Waals surface area contributed by atoms with Gasteiger partial charge >= 0.3 is 0 Å². The summed E-state index contributed by atoms with van der Waals surface area (Å²) in [6, 6.07) is 0. The van der Waals surface area contributed by atoms with Crippen molar-refractivity contribution >= 4 is 16.3 Å². The zero-order chi connectivity index (χ0) is 7.97. The van der Waals surface area contributed by atoms with Gasteiger partial charge in [0.2, 0.25) is 0 Å². The number of hydrogen-bond acceptors (Lipinski definition) is 2. The Labute approximate surface area is 74.9 Å². The summed E-state index contributed by atoms with van der Waals surface area (Å²) in [6.45, 7) is 0. The van der Waals surface area contributed by atoms with Crippen LogP contribution in [0.4, 0.5) is 0 Å². The molecule has 0 spiro atoms. The molecule has 2 nitrogen and oxygen atoms in total. The number of imidazole rings is 1. The van der Waals surface area contributed by atoms with Crippen LogP contribution in [-0.2, 0) is 0 Å². The smallest absolute Gasteiger partial charge is 0.193 e. The highest BCUT2D eigenvalue weighted by molar-refractivity contribution is 7.15. The molecule has 0 radical (unpaired) electrons. The van der Waals surface area contributed by atoms with Crippen LogP contribution in [0.5, 0.6) is 0 Å². The van der Waals surface area contributed by atoms with E-state index in [-0.39, 0.29) is 0 Å². The van der Waals surface area contributed by atoms with Crippen molar-refractivity contribution in [3.05, 3.63) is 23.5 Å². The topological polar surface area (TPSA) is 17.3 Å². The highest BCUT2D eigenvalue weighted by Gasteiger charge is 2.22. The molecule has 3 rings (SSSR count). The molecule has 0 aliphatic heterocycles. The molecule has 0 N–H and O–H groups in total. The SMILES string of the molecule is c1cn2cc(C3CCC3)nc2s1. The van der Waals surface area contributed by atoms with Crippen molar-refractivity contribution < 1.29 is 0 Å². The van der Waals surface area contributed by atoms with Gasteiger partial charge in [-0.2, -0.15) is 0 Å². The number of thiazole rings is 1. The van der Waals surface area contributed by atoms with Crippen LogP contribution in [-0.4, -0.2) is 9.38 Å². The quantitative estimate of drug-likeness (QED) is 0.656. The lowest BCUT2D eigenvalue weighted by Gasteiger charge is -2.22.